The van der Waals surface area contributed by atoms with Gasteiger partial charge in [0.05, 0.1) is 13.2 Å². The van der Waals surface area contributed by atoms with Gasteiger partial charge in [0.2, 0.25) is 5.91 Å². The molecular weight excluding hydrogens is 388 g/mol. The Bertz CT molecular complexity index is 740. The third-order valence-electron chi connectivity index (χ3n) is 4.78. The zero-order valence-electron chi connectivity index (χ0n) is 17.1. The van der Waals surface area contributed by atoms with Crippen LogP contribution in [0.2, 0.25) is 0 Å². The van der Waals surface area contributed by atoms with Gasteiger partial charge in [-0.25, -0.2) is 4.79 Å². The van der Waals surface area contributed by atoms with E-state index in [-0.39, 0.29) is 18.3 Å². The van der Waals surface area contributed by atoms with Gasteiger partial charge in [-0.1, -0.05) is 80.4 Å². The van der Waals surface area contributed by atoms with E-state index in [1.807, 2.05) is 60.7 Å². The number of unbranched alkanes of at least 4 members (excludes halogenated alkanes) is 1. The summed E-state index contributed by atoms with van der Waals surface area (Å²) >= 11 is 0. The Morgan fingerprint density at radius 2 is 1.55 bits per heavy atom. The second-order valence-electron chi connectivity index (χ2n) is 6.93. The minimum Gasteiger partial charge on any atom is -0.467 e. The van der Waals surface area contributed by atoms with Crippen LogP contribution in [0.5, 0.6) is 0 Å². The van der Waals surface area contributed by atoms with Gasteiger partial charge in [-0.3, -0.25) is 4.79 Å². The number of rotatable bonds is 10. The fourth-order valence-electron chi connectivity index (χ4n) is 3.22. The molecule has 0 saturated carbocycles. The molecule has 29 heavy (non-hydrogen) atoms. The molecule has 5 nitrogen and oxygen atoms in total. The zero-order chi connectivity index (χ0) is 20.4. The van der Waals surface area contributed by atoms with Crippen LogP contribution in [0.1, 0.15) is 37.3 Å². The summed E-state index contributed by atoms with van der Waals surface area (Å²) < 4.78 is 5.00. The standard InChI is InChI=1S/C23H30N2O3.ClH/c1-3-4-15-21(23(27)28-2)25(17-19-13-9-6-10-14-19)22(26)20(24)16-18-11-7-5-8-12-18;/h5-14,20-21H,3-4,15-17,24H2,1-2H3;1H/t20-,21-;/m0./s1. The molecule has 2 atom stereocenters. The molecule has 2 aromatic rings. The third-order valence-corrected chi connectivity index (χ3v) is 4.78. The Kier molecular flexibility index (Phi) is 11.0. The van der Waals surface area contributed by atoms with Gasteiger partial charge in [-0.2, -0.15) is 0 Å². The van der Waals surface area contributed by atoms with Crippen LogP contribution in [0.3, 0.4) is 0 Å². The maximum Gasteiger partial charge on any atom is 0.328 e. The number of halogens is 1. The number of hydrogen-bond acceptors (Lipinski definition) is 4. The van der Waals surface area contributed by atoms with E-state index < -0.39 is 18.1 Å². The van der Waals surface area contributed by atoms with Crippen LogP contribution < -0.4 is 5.73 Å². The quantitative estimate of drug-likeness (QED) is 0.596. The van der Waals surface area contributed by atoms with E-state index in [0.717, 1.165) is 24.0 Å². The third kappa shape index (κ3) is 7.52. The van der Waals surface area contributed by atoms with Crippen molar-refractivity contribution in [2.24, 2.45) is 5.73 Å². The minimum absolute atomic E-state index is 0. The van der Waals surface area contributed by atoms with E-state index in [1.165, 1.54) is 7.11 Å². The average molecular weight is 419 g/mol. The molecule has 0 aliphatic rings. The van der Waals surface area contributed by atoms with Crippen LogP contribution in [0.15, 0.2) is 60.7 Å². The molecule has 2 N–H and O–H groups in total. The Morgan fingerprint density at radius 3 is 2.07 bits per heavy atom. The maximum absolute atomic E-state index is 13.3. The first-order valence-electron chi connectivity index (χ1n) is 9.78. The SMILES string of the molecule is CCCC[C@@H](C(=O)OC)N(Cc1ccccc1)C(=O)[C@@H](N)Cc1ccccc1.Cl. The van der Waals surface area contributed by atoms with Crippen LogP contribution in [0, 0.1) is 0 Å². The van der Waals surface area contributed by atoms with Crippen molar-refractivity contribution in [3.05, 3.63) is 71.8 Å². The lowest BCUT2D eigenvalue weighted by Gasteiger charge is -2.32. The van der Waals surface area contributed by atoms with Gasteiger partial charge in [0.25, 0.3) is 0 Å². The second-order valence-corrected chi connectivity index (χ2v) is 6.93. The van der Waals surface area contributed by atoms with Crippen molar-refractivity contribution in [1.29, 1.82) is 0 Å². The summed E-state index contributed by atoms with van der Waals surface area (Å²) in [5, 5.41) is 0. The molecule has 0 spiro atoms. The van der Waals surface area contributed by atoms with E-state index in [1.54, 1.807) is 4.90 Å². The molecule has 1 amide bonds. The predicted molar refractivity (Wildman–Crippen MR) is 118 cm³/mol. The number of nitrogens with zero attached hydrogens (tertiary/aromatic N) is 1. The van der Waals surface area contributed by atoms with Crippen molar-refractivity contribution in [3.8, 4) is 0 Å². The summed E-state index contributed by atoms with van der Waals surface area (Å²) in [6.45, 7) is 2.38. The summed E-state index contributed by atoms with van der Waals surface area (Å²) in [5.41, 5.74) is 8.21. The summed E-state index contributed by atoms with van der Waals surface area (Å²) in [7, 11) is 1.36. The van der Waals surface area contributed by atoms with E-state index >= 15 is 0 Å². The van der Waals surface area contributed by atoms with Crippen molar-refractivity contribution in [3.63, 3.8) is 0 Å². The van der Waals surface area contributed by atoms with E-state index in [9.17, 15) is 9.59 Å². The molecule has 0 saturated heterocycles. The van der Waals surface area contributed by atoms with Gasteiger partial charge in [0, 0.05) is 6.54 Å². The monoisotopic (exact) mass is 418 g/mol. The highest BCUT2D eigenvalue weighted by Gasteiger charge is 2.33. The highest BCUT2D eigenvalue weighted by Crippen LogP contribution is 2.17. The largest absolute Gasteiger partial charge is 0.467 e. The lowest BCUT2D eigenvalue weighted by Crippen LogP contribution is -2.52. The second kappa shape index (κ2) is 13.0. The van der Waals surface area contributed by atoms with Crippen LogP contribution >= 0.6 is 12.4 Å². The number of nitrogens with two attached hydrogens (primary N) is 1. The summed E-state index contributed by atoms with van der Waals surface area (Å²) in [6.07, 6.45) is 2.73. The molecule has 158 valence electrons. The molecule has 0 radical (unpaired) electrons. The summed E-state index contributed by atoms with van der Waals surface area (Å²) in [5.74, 6) is -0.635. The first kappa shape index (κ1) is 24.7. The van der Waals surface area contributed by atoms with Crippen LogP contribution in [-0.2, 0) is 27.3 Å². The van der Waals surface area contributed by atoms with Crippen molar-refractivity contribution < 1.29 is 14.3 Å². The Balaban J connectivity index is 0.00000420. The smallest absolute Gasteiger partial charge is 0.328 e. The van der Waals surface area contributed by atoms with E-state index in [0.29, 0.717) is 19.4 Å². The highest BCUT2D eigenvalue weighted by atomic mass is 35.5. The topological polar surface area (TPSA) is 72.6 Å². The molecular formula is C23H31ClN2O3. The van der Waals surface area contributed by atoms with Crippen molar-refractivity contribution >= 4 is 24.3 Å². The number of carbonyl (C=O) groups is 2. The first-order chi connectivity index (χ1) is 13.6. The van der Waals surface area contributed by atoms with E-state index in [2.05, 4.69) is 6.92 Å². The molecule has 0 unspecified atom stereocenters. The van der Waals surface area contributed by atoms with Crippen LogP contribution in [0.4, 0.5) is 0 Å². The average Bonchev–Trinajstić information content (AvgIpc) is 2.73. The molecule has 2 aromatic carbocycles. The number of methoxy groups -OCH3 is 1. The molecule has 6 heteroatoms. The Hall–Kier alpha value is -2.37. The van der Waals surface area contributed by atoms with Gasteiger partial charge in [0.1, 0.15) is 6.04 Å². The Labute approximate surface area is 179 Å². The van der Waals surface area contributed by atoms with Gasteiger partial charge >= 0.3 is 5.97 Å². The van der Waals surface area contributed by atoms with Crippen molar-refractivity contribution in [2.75, 3.05) is 7.11 Å². The van der Waals surface area contributed by atoms with E-state index in [4.69, 9.17) is 10.5 Å². The summed E-state index contributed by atoms with van der Waals surface area (Å²) in [4.78, 5) is 27.3. The fourth-order valence-corrected chi connectivity index (χ4v) is 3.22. The van der Waals surface area contributed by atoms with Crippen molar-refractivity contribution in [1.82, 2.24) is 4.90 Å². The molecule has 0 fully saturated rings. The molecule has 0 aliphatic carbocycles. The highest BCUT2D eigenvalue weighted by molar-refractivity contribution is 5.87. The minimum atomic E-state index is -0.722. The number of esters is 1. The first-order valence-corrected chi connectivity index (χ1v) is 9.78. The summed E-state index contributed by atoms with van der Waals surface area (Å²) in [6, 6.07) is 17.9. The molecule has 0 aromatic heterocycles. The lowest BCUT2D eigenvalue weighted by molar-refractivity contribution is -0.154. The molecule has 0 bridgehead atoms. The normalized spacial score (nSPS) is 12.4. The van der Waals surface area contributed by atoms with Gasteiger partial charge < -0.3 is 15.4 Å². The zero-order valence-corrected chi connectivity index (χ0v) is 17.9. The molecule has 0 aliphatic heterocycles. The number of hydrogen-bond donors (Lipinski definition) is 1. The van der Waals surface area contributed by atoms with Crippen LogP contribution in [0.25, 0.3) is 0 Å². The fraction of sp³-hybridized carbons (Fsp3) is 0.391. The number of amides is 1. The maximum atomic E-state index is 13.3. The van der Waals surface area contributed by atoms with Gasteiger partial charge in [-0.15, -0.1) is 12.4 Å². The molecule has 2 rings (SSSR count). The lowest BCUT2D eigenvalue weighted by atomic mass is 10.0. The number of ether oxygens (including phenoxy) is 1. The van der Waals surface area contributed by atoms with Gasteiger partial charge in [0.15, 0.2) is 0 Å². The van der Waals surface area contributed by atoms with Gasteiger partial charge in [-0.05, 0) is 24.0 Å². The number of carbonyl (C=O) groups excluding carboxylic acids is 2. The van der Waals surface area contributed by atoms with Crippen LogP contribution in [-0.4, -0.2) is 36.0 Å². The number of benzene rings is 2. The van der Waals surface area contributed by atoms with Crippen molar-refractivity contribution in [2.45, 2.75) is 51.2 Å². The Morgan fingerprint density at radius 1 is 1.00 bits per heavy atom. The predicted octanol–water partition coefficient (Wildman–Crippen LogP) is 3.74. The molecule has 0 heterocycles.